The summed E-state index contributed by atoms with van der Waals surface area (Å²) in [6, 6.07) is 36.2. The molecule has 0 unspecified atom stereocenters. The van der Waals surface area contributed by atoms with E-state index in [1.165, 1.54) is 11.1 Å². The van der Waals surface area contributed by atoms with E-state index in [-0.39, 0.29) is 32.1 Å². The van der Waals surface area contributed by atoms with Crippen molar-refractivity contribution in [3.8, 4) is 22.3 Å². The van der Waals surface area contributed by atoms with Crippen LogP contribution in [0.1, 0.15) is 45.2 Å². The number of Topliss-reactive ketones (excluding diaryl/α,β-unsaturated/α-hetero) is 1. The summed E-state index contributed by atoms with van der Waals surface area (Å²) in [6.45, 7) is 3.25. The average Bonchev–Trinajstić information content (AvgIpc) is 2.99. The summed E-state index contributed by atoms with van der Waals surface area (Å²) in [5.74, 6) is -2.78. The van der Waals surface area contributed by atoms with Crippen LogP contribution in [0.15, 0.2) is 109 Å². The van der Waals surface area contributed by atoms with Gasteiger partial charge in [-0.2, -0.15) is 0 Å². The van der Waals surface area contributed by atoms with Crippen LogP contribution in [-0.2, 0) is 27.2 Å². The van der Waals surface area contributed by atoms with Crippen molar-refractivity contribution in [3.63, 3.8) is 0 Å². The Kier molecular flexibility index (Phi) is 14.0. The van der Waals surface area contributed by atoms with E-state index < -0.39 is 23.8 Å². The molecule has 0 heterocycles. The number of carboxylic acid groups (broad SMARTS) is 2. The van der Waals surface area contributed by atoms with Crippen molar-refractivity contribution in [3.05, 3.63) is 120 Å². The zero-order valence-corrected chi connectivity index (χ0v) is 24.1. The molecular weight excluding hydrogens is 538 g/mol. The summed E-state index contributed by atoms with van der Waals surface area (Å²) in [5, 5.41) is 17.7. The number of carbonyl (C=O) groups is 3. The van der Waals surface area contributed by atoms with E-state index in [0.29, 0.717) is 12.8 Å². The number of rotatable bonds is 12. The van der Waals surface area contributed by atoms with Gasteiger partial charge in [-0.05, 0) is 46.2 Å². The second kappa shape index (κ2) is 17.4. The van der Waals surface area contributed by atoms with Crippen molar-refractivity contribution in [2.45, 2.75) is 53.0 Å². The number of nitrogens with two attached hydrogens (primary N) is 1. The normalized spacial score (nSPS) is 12.4. The molecule has 0 bridgehead atoms. The number of ketones is 1. The van der Waals surface area contributed by atoms with Crippen LogP contribution in [0.25, 0.3) is 22.3 Å². The highest BCUT2D eigenvalue weighted by Crippen LogP contribution is 2.21. The predicted octanol–water partition coefficient (Wildman–Crippen LogP) is 7.55. The molecule has 0 aliphatic heterocycles. The molecule has 0 saturated heterocycles. The van der Waals surface area contributed by atoms with E-state index >= 15 is 0 Å². The van der Waals surface area contributed by atoms with Gasteiger partial charge >= 0.3 is 11.9 Å². The summed E-state index contributed by atoms with van der Waals surface area (Å²) in [6.07, 6.45) is 1.56. The van der Waals surface area contributed by atoms with Gasteiger partial charge in [-0.1, -0.05) is 130 Å². The molecule has 0 radical (unpaired) electrons. The highest BCUT2D eigenvalue weighted by molar-refractivity contribution is 5.85. The van der Waals surface area contributed by atoms with E-state index in [0.717, 1.165) is 22.3 Å². The van der Waals surface area contributed by atoms with E-state index in [9.17, 15) is 14.4 Å². The minimum atomic E-state index is -0.928. The van der Waals surface area contributed by atoms with Crippen molar-refractivity contribution < 1.29 is 24.6 Å². The maximum Gasteiger partial charge on any atom is 0.306 e. The van der Waals surface area contributed by atoms with Crippen molar-refractivity contribution >= 4 is 17.7 Å². The number of carboxylic acids is 2. The largest absolute Gasteiger partial charge is 0.481 e. The Morgan fingerprint density at radius 1 is 0.605 bits per heavy atom. The third kappa shape index (κ3) is 11.7. The summed E-state index contributed by atoms with van der Waals surface area (Å²) in [5.41, 5.74) is 12.7. The topological polar surface area (TPSA) is 118 Å². The van der Waals surface area contributed by atoms with Gasteiger partial charge < -0.3 is 15.9 Å². The first-order valence-electron chi connectivity index (χ1n) is 14.1. The van der Waals surface area contributed by atoms with Crippen molar-refractivity contribution in [2.75, 3.05) is 0 Å². The fourth-order valence-corrected chi connectivity index (χ4v) is 4.58. The highest BCUT2D eigenvalue weighted by atomic mass is 16.4. The van der Waals surface area contributed by atoms with E-state index in [1.54, 1.807) is 13.8 Å². The van der Waals surface area contributed by atoms with Gasteiger partial charge in [0.2, 0.25) is 0 Å². The Morgan fingerprint density at radius 3 is 1.42 bits per heavy atom. The molecule has 4 rings (SSSR count). The average molecular weight is 582 g/mol. The molecule has 226 valence electrons. The van der Waals surface area contributed by atoms with Gasteiger partial charge in [-0.15, -0.1) is 0 Å². The molecule has 3 atom stereocenters. The summed E-state index contributed by atoms with van der Waals surface area (Å²) in [7, 11) is 0. The van der Waals surface area contributed by atoms with Gasteiger partial charge in [0.05, 0.1) is 11.8 Å². The quantitative estimate of drug-likeness (QED) is 0.159. The molecule has 6 nitrogen and oxygen atoms in total. The summed E-state index contributed by atoms with van der Waals surface area (Å²) >= 11 is 0. The van der Waals surface area contributed by atoms with E-state index in [2.05, 4.69) is 36.4 Å². The van der Waals surface area contributed by atoms with Crippen LogP contribution in [0.3, 0.4) is 0 Å². The Bertz CT molecular complexity index is 1420. The second-order valence-corrected chi connectivity index (χ2v) is 10.7. The molecule has 0 spiro atoms. The first-order valence-corrected chi connectivity index (χ1v) is 14.1. The Balaban J connectivity index is 0.000000293. The summed E-state index contributed by atoms with van der Waals surface area (Å²) in [4.78, 5) is 33.4. The molecule has 4 aromatic rings. The van der Waals surface area contributed by atoms with Crippen molar-refractivity contribution in [1.82, 2.24) is 0 Å². The number of benzene rings is 4. The molecule has 0 aliphatic carbocycles. The lowest BCUT2D eigenvalue weighted by molar-refractivity contribution is -0.143. The van der Waals surface area contributed by atoms with Crippen LogP contribution >= 0.6 is 0 Å². The molecule has 43 heavy (non-hydrogen) atoms. The van der Waals surface area contributed by atoms with Gasteiger partial charge in [-0.3, -0.25) is 14.4 Å². The molecular formula is C37H43NO5. The Morgan fingerprint density at radius 2 is 1.00 bits per heavy atom. The number of aliphatic carboxylic acids is 2. The smallest absolute Gasteiger partial charge is 0.306 e. The van der Waals surface area contributed by atoms with Crippen LogP contribution in [0.2, 0.25) is 0 Å². The van der Waals surface area contributed by atoms with Gasteiger partial charge in [0.25, 0.3) is 0 Å². The standard InChI is InChI=1S/C18H21NO2.C18H18O3.CH4/c2*1-13(18(20)21)11-17(19)12-14-7-9-16(10-8-14)15-5-3-2-4-6-15;/h2-10,13,17H,11-12,19H2,1H3,(H,20,21);2-10,13H,11-12H2,1H3,(H,20,21);1H4/t13-,17+;13-;/m11./s1. The van der Waals surface area contributed by atoms with Crippen molar-refractivity contribution in [1.29, 1.82) is 0 Å². The third-order valence-corrected chi connectivity index (χ3v) is 7.05. The first-order chi connectivity index (χ1) is 20.1. The maximum atomic E-state index is 11.8. The lowest BCUT2D eigenvalue weighted by atomic mass is 9.96. The van der Waals surface area contributed by atoms with Gasteiger partial charge in [0.1, 0.15) is 5.78 Å². The molecule has 4 aromatic carbocycles. The van der Waals surface area contributed by atoms with Gasteiger partial charge in [0, 0.05) is 18.9 Å². The lowest BCUT2D eigenvalue weighted by Crippen LogP contribution is -2.28. The van der Waals surface area contributed by atoms with Gasteiger partial charge in [0.15, 0.2) is 0 Å². The van der Waals surface area contributed by atoms with Crippen LogP contribution in [0.4, 0.5) is 0 Å². The van der Waals surface area contributed by atoms with E-state index in [4.69, 9.17) is 15.9 Å². The minimum absolute atomic E-state index is 0. The number of hydrogen-bond donors (Lipinski definition) is 3. The fraction of sp³-hybridized carbons (Fsp3) is 0.270. The first kappa shape index (κ1) is 34.7. The molecule has 0 saturated carbocycles. The highest BCUT2D eigenvalue weighted by Gasteiger charge is 2.16. The second-order valence-electron chi connectivity index (χ2n) is 10.7. The molecule has 0 amide bonds. The zero-order valence-electron chi connectivity index (χ0n) is 24.1. The Hall–Kier alpha value is -4.55. The number of hydrogen-bond acceptors (Lipinski definition) is 4. The fourth-order valence-electron chi connectivity index (χ4n) is 4.58. The molecule has 0 fully saturated rings. The number of carbonyl (C=O) groups excluding carboxylic acids is 1. The van der Waals surface area contributed by atoms with Crippen LogP contribution in [0.5, 0.6) is 0 Å². The Labute approximate surface area is 255 Å². The maximum absolute atomic E-state index is 11.8. The van der Waals surface area contributed by atoms with Crippen LogP contribution < -0.4 is 5.73 Å². The monoisotopic (exact) mass is 581 g/mol. The molecule has 4 N–H and O–H groups in total. The van der Waals surface area contributed by atoms with Crippen LogP contribution in [0, 0.1) is 11.8 Å². The van der Waals surface area contributed by atoms with Gasteiger partial charge in [-0.25, -0.2) is 0 Å². The zero-order chi connectivity index (χ0) is 30.5. The predicted molar refractivity (Wildman–Crippen MR) is 174 cm³/mol. The van der Waals surface area contributed by atoms with E-state index in [1.807, 2.05) is 72.8 Å². The lowest BCUT2D eigenvalue weighted by Gasteiger charge is -2.14. The molecule has 0 aliphatic rings. The minimum Gasteiger partial charge on any atom is -0.481 e. The molecule has 0 aromatic heterocycles. The van der Waals surface area contributed by atoms with Crippen molar-refractivity contribution in [2.24, 2.45) is 17.6 Å². The molecule has 6 heteroatoms. The SMILES string of the molecule is C.C[C@H](CC(=O)Cc1ccc(-c2ccccc2)cc1)C(=O)O.C[C@H](C[C@H](N)Cc1ccc(-c2ccccc2)cc1)C(=O)O. The van der Waals surface area contributed by atoms with Crippen LogP contribution in [-0.4, -0.2) is 34.0 Å². The summed E-state index contributed by atoms with van der Waals surface area (Å²) < 4.78 is 0. The third-order valence-electron chi connectivity index (χ3n) is 7.05.